The minimum Gasteiger partial charge on any atom is -0.346 e. The highest BCUT2D eigenvalue weighted by Gasteiger charge is 2.39. The summed E-state index contributed by atoms with van der Waals surface area (Å²) in [5.74, 6) is 0.243. The summed E-state index contributed by atoms with van der Waals surface area (Å²) in [4.78, 5) is 17.8. The molecule has 0 radical (unpaired) electrons. The van der Waals surface area contributed by atoms with Crippen molar-refractivity contribution in [3.63, 3.8) is 0 Å². The molecule has 1 amide bonds. The van der Waals surface area contributed by atoms with E-state index in [1.54, 1.807) is 0 Å². The number of hydrogen-bond acceptors (Lipinski definition) is 2. The van der Waals surface area contributed by atoms with Gasteiger partial charge >= 0.3 is 0 Å². The fourth-order valence-corrected chi connectivity index (χ4v) is 4.81. The molecule has 0 spiro atoms. The molecular weight excluding hydrogens is 286 g/mol. The summed E-state index contributed by atoms with van der Waals surface area (Å²) in [6.07, 6.45) is 4.80. The van der Waals surface area contributed by atoms with Gasteiger partial charge in [-0.3, -0.25) is 4.79 Å². The quantitative estimate of drug-likeness (QED) is 0.855. The first-order valence-corrected chi connectivity index (χ1v) is 9.11. The number of amides is 1. The van der Waals surface area contributed by atoms with Crippen LogP contribution in [-0.4, -0.2) is 52.5 Å². The maximum Gasteiger partial charge on any atom is 0.255 e. The molecule has 1 aromatic rings. The predicted molar refractivity (Wildman–Crippen MR) is 94.0 cm³/mol. The van der Waals surface area contributed by atoms with Gasteiger partial charge in [-0.25, -0.2) is 0 Å². The van der Waals surface area contributed by atoms with Crippen molar-refractivity contribution in [2.75, 3.05) is 20.1 Å². The molecule has 0 aromatic carbocycles. The zero-order valence-electron chi connectivity index (χ0n) is 15.3. The lowest BCUT2D eigenvalue weighted by atomic mass is 10.0. The Bertz CT molecular complexity index is 590. The van der Waals surface area contributed by atoms with Gasteiger partial charge in [0.2, 0.25) is 0 Å². The summed E-state index contributed by atoms with van der Waals surface area (Å²) in [5, 5.41) is 0. The van der Waals surface area contributed by atoms with E-state index in [0.717, 1.165) is 30.6 Å². The molecule has 4 heteroatoms. The molecule has 2 atom stereocenters. The molecule has 0 unspecified atom stereocenters. The van der Waals surface area contributed by atoms with Gasteiger partial charge < -0.3 is 14.4 Å². The fraction of sp³-hybridized carbons (Fsp3) is 0.737. The van der Waals surface area contributed by atoms with Crippen LogP contribution in [0, 0.1) is 13.8 Å². The van der Waals surface area contributed by atoms with Crippen LogP contribution in [0.5, 0.6) is 0 Å². The van der Waals surface area contributed by atoms with Crippen LogP contribution in [0.1, 0.15) is 67.3 Å². The lowest BCUT2D eigenvalue weighted by Gasteiger charge is -2.33. The van der Waals surface area contributed by atoms with Crippen molar-refractivity contribution in [3.05, 3.63) is 23.0 Å². The van der Waals surface area contributed by atoms with E-state index in [4.69, 9.17) is 0 Å². The number of carbonyl (C=O) groups excluding carboxylic acids is 1. The van der Waals surface area contributed by atoms with Crippen molar-refractivity contribution in [2.45, 2.75) is 71.5 Å². The van der Waals surface area contributed by atoms with Crippen LogP contribution >= 0.6 is 0 Å². The number of likely N-dealkylation sites (tertiary alicyclic amines) is 2. The Morgan fingerprint density at radius 3 is 2.35 bits per heavy atom. The monoisotopic (exact) mass is 317 g/mol. The first-order chi connectivity index (χ1) is 10.9. The van der Waals surface area contributed by atoms with Gasteiger partial charge in [0, 0.05) is 36.1 Å². The number of hydrogen-bond donors (Lipinski definition) is 0. The number of likely N-dealkylation sites (N-methyl/N-ethyl adjacent to an activating group) is 1. The topological polar surface area (TPSA) is 28.5 Å². The molecule has 1 aromatic heterocycles. The van der Waals surface area contributed by atoms with Crippen LogP contribution in [0.4, 0.5) is 0 Å². The largest absolute Gasteiger partial charge is 0.346 e. The number of aromatic nitrogens is 1. The van der Waals surface area contributed by atoms with Gasteiger partial charge in [-0.15, -0.1) is 0 Å². The smallest absolute Gasteiger partial charge is 0.255 e. The molecule has 0 aliphatic carbocycles. The van der Waals surface area contributed by atoms with Crippen molar-refractivity contribution in [1.29, 1.82) is 0 Å². The van der Waals surface area contributed by atoms with E-state index < -0.39 is 0 Å². The van der Waals surface area contributed by atoms with Crippen molar-refractivity contribution >= 4 is 5.91 Å². The van der Waals surface area contributed by atoms with Crippen molar-refractivity contribution in [2.24, 2.45) is 0 Å². The molecule has 23 heavy (non-hydrogen) atoms. The highest BCUT2D eigenvalue weighted by Crippen LogP contribution is 2.31. The third-order valence-electron chi connectivity index (χ3n) is 5.81. The molecule has 2 fully saturated rings. The van der Waals surface area contributed by atoms with E-state index >= 15 is 0 Å². The van der Waals surface area contributed by atoms with Crippen LogP contribution in [0.25, 0.3) is 0 Å². The number of carbonyl (C=O) groups is 1. The second-order valence-electron chi connectivity index (χ2n) is 7.65. The van der Waals surface area contributed by atoms with Crippen molar-refractivity contribution < 1.29 is 4.79 Å². The Hall–Kier alpha value is -1.29. The Morgan fingerprint density at radius 1 is 1.13 bits per heavy atom. The highest BCUT2D eigenvalue weighted by atomic mass is 16.2. The summed E-state index contributed by atoms with van der Waals surface area (Å²) >= 11 is 0. The molecule has 3 rings (SSSR count). The van der Waals surface area contributed by atoms with E-state index in [1.165, 1.54) is 25.1 Å². The molecule has 128 valence electrons. The Labute approximate surface area is 140 Å². The standard InChI is InChI=1S/C19H31N3O/c1-13(2)22-14(3)12-16(15(22)4)19(23)21-11-7-9-18(21)17-8-6-10-20(17)5/h12-13,17-18H,6-11H2,1-5H3/t17-,18-/m0/s1. The first-order valence-electron chi connectivity index (χ1n) is 9.11. The van der Waals surface area contributed by atoms with Gasteiger partial charge in [0.05, 0.1) is 5.56 Å². The molecule has 3 heterocycles. The Balaban J connectivity index is 1.86. The van der Waals surface area contributed by atoms with Crippen molar-refractivity contribution in [1.82, 2.24) is 14.4 Å². The average molecular weight is 317 g/mol. The lowest BCUT2D eigenvalue weighted by molar-refractivity contribution is 0.0663. The van der Waals surface area contributed by atoms with Crippen LogP contribution in [0.15, 0.2) is 6.07 Å². The molecule has 0 N–H and O–H groups in total. The Morgan fingerprint density at radius 2 is 1.78 bits per heavy atom. The molecule has 4 nitrogen and oxygen atoms in total. The normalized spacial score (nSPS) is 25.7. The molecule has 2 saturated heterocycles. The number of rotatable bonds is 3. The molecule has 2 aliphatic heterocycles. The zero-order valence-corrected chi connectivity index (χ0v) is 15.3. The summed E-state index contributed by atoms with van der Waals surface area (Å²) in [5.41, 5.74) is 3.21. The number of nitrogens with zero attached hydrogens (tertiary/aromatic N) is 3. The highest BCUT2D eigenvalue weighted by molar-refractivity contribution is 5.96. The number of aryl methyl sites for hydroxylation is 1. The summed E-state index contributed by atoms with van der Waals surface area (Å²) in [6.45, 7) is 10.6. The van der Waals surface area contributed by atoms with Crippen LogP contribution in [0.2, 0.25) is 0 Å². The van der Waals surface area contributed by atoms with E-state index in [9.17, 15) is 4.79 Å². The zero-order chi connectivity index (χ0) is 16.7. The van der Waals surface area contributed by atoms with Gasteiger partial charge in [0.15, 0.2) is 0 Å². The van der Waals surface area contributed by atoms with E-state index in [1.807, 2.05) is 0 Å². The first kappa shape index (κ1) is 16.6. The lowest BCUT2D eigenvalue weighted by Crippen LogP contribution is -2.47. The SMILES string of the molecule is Cc1cc(C(=O)N2CCC[C@H]2[C@@H]2CCCN2C)c(C)n1C(C)C. The minimum absolute atomic E-state index is 0.243. The summed E-state index contributed by atoms with van der Waals surface area (Å²) < 4.78 is 2.28. The van der Waals surface area contributed by atoms with Gasteiger partial charge in [-0.1, -0.05) is 0 Å². The van der Waals surface area contributed by atoms with Crippen molar-refractivity contribution in [3.8, 4) is 0 Å². The molecule has 2 aliphatic rings. The fourth-order valence-electron chi connectivity index (χ4n) is 4.81. The third-order valence-corrected chi connectivity index (χ3v) is 5.81. The Kier molecular flexibility index (Phi) is 4.54. The van der Waals surface area contributed by atoms with Crippen LogP contribution < -0.4 is 0 Å². The second kappa shape index (κ2) is 6.31. The van der Waals surface area contributed by atoms with Gasteiger partial charge in [0.1, 0.15) is 0 Å². The van der Waals surface area contributed by atoms with E-state index in [-0.39, 0.29) is 5.91 Å². The van der Waals surface area contributed by atoms with Crippen LogP contribution in [-0.2, 0) is 0 Å². The molecule has 0 saturated carbocycles. The van der Waals surface area contributed by atoms with E-state index in [0.29, 0.717) is 18.1 Å². The van der Waals surface area contributed by atoms with Gasteiger partial charge in [0.25, 0.3) is 5.91 Å². The third kappa shape index (κ3) is 2.82. The maximum atomic E-state index is 13.2. The summed E-state index contributed by atoms with van der Waals surface area (Å²) in [7, 11) is 2.21. The second-order valence-corrected chi connectivity index (χ2v) is 7.65. The summed E-state index contributed by atoms with van der Waals surface area (Å²) in [6, 6.07) is 3.44. The average Bonchev–Trinajstić information content (AvgIpc) is 3.16. The predicted octanol–water partition coefficient (Wildman–Crippen LogP) is 3.38. The van der Waals surface area contributed by atoms with E-state index in [2.05, 4.69) is 55.2 Å². The van der Waals surface area contributed by atoms with Gasteiger partial charge in [-0.2, -0.15) is 0 Å². The minimum atomic E-state index is 0.243. The van der Waals surface area contributed by atoms with Gasteiger partial charge in [-0.05, 0) is 73.0 Å². The van der Waals surface area contributed by atoms with Crippen LogP contribution in [0.3, 0.4) is 0 Å². The maximum absolute atomic E-state index is 13.2. The molecular formula is C19H31N3O. The molecule has 0 bridgehead atoms.